The number of anilines is 3. The van der Waals surface area contributed by atoms with Gasteiger partial charge in [-0.15, -0.1) is 0 Å². The molecule has 0 spiro atoms. The topological polar surface area (TPSA) is 102 Å². The van der Waals surface area contributed by atoms with Gasteiger partial charge in [0, 0.05) is 25.3 Å². The summed E-state index contributed by atoms with van der Waals surface area (Å²) in [5.41, 5.74) is 7.57. The van der Waals surface area contributed by atoms with Crippen molar-refractivity contribution in [3.63, 3.8) is 0 Å². The SMILES string of the molecule is CC(=O)Nc1ccc(NC(=O)c2c(N)cnn2C)cc1. The van der Waals surface area contributed by atoms with Crippen LogP contribution < -0.4 is 16.4 Å². The van der Waals surface area contributed by atoms with Gasteiger partial charge in [-0.05, 0) is 24.3 Å². The third-order valence-corrected chi connectivity index (χ3v) is 2.65. The Bertz CT molecular complexity index is 626. The maximum atomic E-state index is 12.1. The Balaban J connectivity index is 2.10. The van der Waals surface area contributed by atoms with Gasteiger partial charge in [0.05, 0.1) is 11.9 Å². The molecule has 7 nitrogen and oxygen atoms in total. The maximum absolute atomic E-state index is 12.1. The highest BCUT2D eigenvalue weighted by molar-refractivity contribution is 6.06. The third kappa shape index (κ3) is 2.94. The third-order valence-electron chi connectivity index (χ3n) is 2.65. The van der Waals surface area contributed by atoms with Crippen molar-refractivity contribution in [1.82, 2.24) is 9.78 Å². The van der Waals surface area contributed by atoms with Crippen molar-refractivity contribution >= 4 is 28.9 Å². The molecule has 2 aromatic rings. The molecule has 1 aromatic carbocycles. The van der Waals surface area contributed by atoms with E-state index in [1.54, 1.807) is 31.3 Å². The van der Waals surface area contributed by atoms with E-state index in [9.17, 15) is 9.59 Å². The molecule has 0 atom stereocenters. The van der Waals surface area contributed by atoms with Crippen LogP contribution in [0.3, 0.4) is 0 Å². The molecule has 2 rings (SSSR count). The number of hydrogen-bond acceptors (Lipinski definition) is 4. The van der Waals surface area contributed by atoms with Crippen molar-refractivity contribution < 1.29 is 9.59 Å². The van der Waals surface area contributed by atoms with Crippen LogP contribution in [0, 0.1) is 0 Å². The summed E-state index contributed by atoms with van der Waals surface area (Å²) in [6.45, 7) is 1.43. The summed E-state index contributed by atoms with van der Waals surface area (Å²) in [6.07, 6.45) is 1.43. The number of rotatable bonds is 3. The normalized spacial score (nSPS) is 10.1. The predicted octanol–water partition coefficient (Wildman–Crippen LogP) is 1.21. The largest absolute Gasteiger partial charge is 0.396 e. The summed E-state index contributed by atoms with van der Waals surface area (Å²) in [4.78, 5) is 23.0. The van der Waals surface area contributed by atoms with E-state index in [1.807, 2.05) is 0 Å². The first kappa shape index (κ1) is 13.6. The Morgan fingerprint density at radius 1 is 1.15 bits per heavy atom. The lowest BCUT2D eigenvalue weighted by molar-refractivity contribution is -0.114. The van der Waals surface area contributed by atoms with Gasteiger partial charge >= 0.3 is 0 Å². The standard InChI is InChI=1S/C13H15N5O2/c1-8(19)16-9-3-5-10(6-4-9)17-13(20)12-11(14)7-15-18(12)2/h3-7H,14H2,1-2H3,(H,16,19)(H,17,20). The Morgan fingerprint density at radius 3 is 2.15 bits per heavy atom. The minimum absolute atomic E-state index is 0.149. The zero-order chi connectivity index (χ0) is 14.7. The summed E-state index contributed by atoms with van der Waals surface area (Å²) in [7, 11) is 1.64. The second-order valence-electron chi connectivity index (χ2n) is 4.28. The number of benzene rings is 1. The number of aryl methyl sites for hydroxylation is 1. The zero-order valence-electron chi connectivity index (χ0n) is 11.2. The number of aromatic nitrogens is 2. The number of nitrogens with two attached hydrogens (primary N) is 1. The molecular weight excluding hydrogens is 258 g/mol. The Kier molecular flexibility index (Phi) is 3.69. The summed E-state index contributed by atoms with van der Waals surface area (Å²) < 4.78 is 1.41. The van der Waals surface area contributed by atoms with E-state index in [0.717, 1.165) is 0 Å². The van der Waals surface area contributed by atoms with Crippen LogP contribution in [0.4, 0.5) is 17.1 Å². The van der Waals surface area contributed by atoms with Crippen molar-refractivity contribution in [2.75, 3.05) is 16.4 Å². The molecule has 7 heteroatoms. The molecule has 0 saturated heterocycles. The minimum atomic E-state index is -0.338. The van der Waals surface area contributed by atoms with Crippen molar-refractivity contribution in [3.8, 4) is 0 Å². The highest BCUT2D eigenvalue weighted by Gasteiger charge is 2.14. The molecule has 104 valence electrons. The molecule has 0 bridgehead atoms. The highest BCUT2D eigenvalue weighted by Crippen LogP contribution is 2.16. The predicted molar refractivity (Wildman–Crippen MR) is 76.3 cm³/mol. The Hall–Kier alpha value is -2.83. The molecule has 0 radical (unpaired) electrons. The van der Waals surface area contributed by atoms with E-state index in [4.69, 9.17) is 5.73 Å². The van der Waals surface area contributed by atoms with E-state index >= 15 is 0 Å². The van der Waals surface area contributed by atoms with Gasteiger partial charge in [-0.2, -0.15) is 5.10 Å². The van der Waals surface area contributed by atoms with Crippen LogP contribution in [-0.2, 0) is 11.8 Å². The van der Waals surface area contributed by atoms with Crippen LogP contribution in [0.15, 0.2) is 30.5 Å². The lowest BCUT2D eigenvalue weighted by Gasteiger charge is -2.07. The van der Waals surface area contributed by atoms with Crippen LogP contribution >= 0.6 is 0 Å². The summed E-state index contributed by atoms with van der Waals surface area (Å²) in [5, 5.41) is 9.27. The fourth-order valence-electron chi connectivity index (χ4n) is 1.76. The number of nitrogen functional groups attached to an aromatic ring is 1. The van der Waals surface area contributed by atoms with E-state index in [0.29, 0.717) is 22.8 Å². The second-order valence-corrected chi connectivity index (χ2v) is 4.28. The first-order valence-corrected chi connectivity index (χ1v) is 5.94. The molecule has 4 N–H and O–H groups in total. The second kappa shape index (κ2) is 5.43. The average Bonchev–Trinajstić information content (AvgIpc) is 2.71. The van der Waals surface area contributed by atoms with Gasteiger partial charge < -0.3 is 16.4 Å². The molecule has 1 aromatic heterocycles. The summed E-state index contributed by atoms with van der Waals surface area (Å²) >= 11 is 0. The minimum Gasteiger partial charge on any atom is -0.396 e. The first-order chi connectivity index (χ1) is 9.47. The highest BCUT2D eigenvalue weighted by atomic mass is 16.2. The van der Waals surface area contributed by atoms with Crippen LogP contribution in [0.25, 0.3) is 0 Å². The van der Waals surface area contributed by atoms with E-state index in [1.165, 1.54) is 17.8 Å². The van der Waals surface area contributed by atoms with Crippen LogP contribution in [0.2, 0.25) is 0 Å². The number of nitrogens with zero attached hydrogens (tertiary/aromatic N) is 2. The lowest BCUT2D eigenvalue weighted by atomic mass is 10.2. The maximum Gasteiger partial charge on any atom is 0.276 e. The van der Waals surface area contributed by atoms with Crippen molar-refractivity contribution in [3.05, 3.63) is 36.2 Å². The number of hydrogen-bond donors (Lipinski definition) is 3. The van der Waals surface area contributed by atoms with Gasteiger partial charge in [0.2, 0.25) is 5.91 Å². The molecular formula is C13H15N5O2. The molecule has 0 aliphatic rings. The number of nitrogens with one attached hydrogen (secondary N) is 2. The number of amides is 2. The molecule has 2 amide bonds. The smallest absolute Gasteiger partial charge is 0.276 e. The average molecular weight is 273 g/mol. The van der Waals surface area contributed by atoms with Gasteiger partial charge in [-0.25, -0.2) is 0 Å². The summed E-state index contributed by atoms with van der Waals surface area (Å²) in [6, 6.07) is 6.78. The molecule has 0 fully saturated rings. The first-order valence-electron chi connectivity index (χ1n) is 5.94. The zero-order valence-corrected chi connectivity index (χ0v) is 11.2. The fourth-order valence-corrected chi connectivity index (χ4v) is 1.76. The van der Waals surface area contributed by atoms with Crippen LogP contribution in [0.1, 0.15) is 17.4 Å². The van der Waals surface area contributed by atoms with E-state index in [2.05, 4.69) is 15.7 Å². The molecule has 20 heavy (non-hydrogen) atoms. The molecule has 0 unspecified atom stereocenters. The van der Waals surface area contributed by atoms with Crippen molar-refractivity contribution in [2.24, 2.45) is 7.05 Å². The quantitative estimate of drug-likeness (QED) is 0.782. The van der Waals surface area contributed by atoms with Crippen LogP contribution in [0.5, 0.6) is 0 Å². The number of carbonyl (C=O) groups is 2. The molecule has 1 heterocycles. The molecule has 0 aliphatic heterocycles. The monoisotopic (exact) mass is 273 g/mol. The van der Waals surface area contributed by atoms with E-state index < -0.39 is 0 Å². The van der Waals surface area contributed by atoms with Gasteiger partial charge in [0.1, 0.15) is 5.69 Å². The lowest BCUT2D eigenvalue weighted by Crippen LogP contribution is -2.17. The van der Waals surface area contributed by atoms with Gasteiger partial charge in [0.25, 0.3) is 5.91 Å². The summed E-state index contributed by atoms with van der Waals surface area (Å²) in [5.74, 6) is -0.487. The van der Waals surface area contributed by atoms with Crippen molar-refractivity contribution in [2.45, 2.75) is 6.92 Å². The number of carbonyl (C=O) groups excluding carboxylic acids is 2. The Morgan fingerprint density at radius 2 is 1.70 bits per heavy atom. The Labute approximate surface area is 115 Å². The van der Waals surface area contributed by atoms with E-state index in [-0.39, 0.29) is 11.8 Å². The fraction of sp³-hybridized carbons (Fsp3) is 0.154. The van der Waals surface area contributed by atoms with Gasteiger partial charge in [-0.3, -0.25) is 14.3 Å². The van der Waals surface area contributed by atoms with Gasteiger partial charge in [-0.1, -0.05) is 0 Å². The molecule has 0 aliphatic carbocycles. The van der Waals surface area contributed by atoms with Gasteiger partial charge in [0.15, 0.2) is 0 Å². The molecule has 0 saturated carbocycles. The van der Waals surface area contributed by atoms with Crippen molar-refractivity contribution in [1.29, 1.82) is 0 Å². The van der Waals surface area contributed by atoms with Crippen LogP contribution in [-0.4, -0.2) is 21.6 Å².